The van der Waals surface area contributed by atoms with Gasteiger partial charge in [0.25, 0.3) is 5.91 Å². The summed E-state index contributed by atoms with van der Waals surface area (Å²) in [6.45, 7) is 2.45. The maximum Gasteiger partial charge on any atom is 0.270 e. The Balaban J connectivity index is 1.47. The third-order valence-electron chi connectivity index (χ3n) is 7.68. The second kappa shape index (κ2) is 11.4. The molecule has 13 heteroatoms. The molecule has 0 radical (unpaired) electrons. The van der Waals surface area contributed by atoms with Crippen LogP contribution in [0.25, 0.3) is 16.6 Å². The largest absolute Gasteiger partial charge is 0.355 e. The van der Waals surface area contributed by atoms with Crippen LogP contribution < -0.4 is 14.9 Å². The van der Waals surface area contributed by atoms with Gasteiger partial charge in [-0.15, -0.1) is 0 Å². The highest BCUT2D eigenvalue weighted by Crippen LogP contribution is 2.46. The molecule has 2 aliphatic rings. The zero-order valence-corrected chi connectivity index (χ0v) is 25.9. The summed E-state index contributed by atoms with van der Waals surface area (Å²) >= 11 is 3.44. The van der Waals surface area contributed by atoms with E-state index in [1.54, 1.807) is 29.0 Å². The van der Waals surface area contributed by atoms with Gasteiger partial charge in [0, 0.05) is 43.3 Å². The highest BCUT2D eigenvalue weighted by molar-refractivity contribution is 9.10. The minimum absolute atomic E-state index is 0.0350. The second-order valence-electron chi connectivity index (χ2n) is 10.6. The molecular formula is C28H34BrN7O4S. The van der Waals surface area contributed by atoms with Crippen molar-refractivity contribution in [1.29, 1.82) is 0 Å². The fourth-order valence-corrected chi connectivity index (χ4v) is 6.36. The van der Waals surface area contributed by atoms with Gasteiger partial charge in [0.2, 0.25) is 15.9 Å². The highest BCUT2D eigenvalue weighted by Gasteiger charge is 2.33. The van der Waals surface area contributed by atoms with E-state index in [0.717, 1.165) is 22.9 Å². The number of anilines is 1. The number of hydrogen-bond acceptors (Lipinski definition) is 7. The third kappa shape index (κ3) is 5.96. The summed E-state index contributed by atoms with van der Waals surface area (Å²) in [6, 6.07) is 11.1. The number of hydrogen-bond donors (Lipinski definition) is 2. The number of hydrazone groups is 1. The van der Waals surface area contributed by atoms with E-state index in [1.807, 2.05) is 44.3 Å². The van der Waals surface area contributed by atoms with E-state index in [0.29, 0.717) is 40.9 Å². The molecule has 2 atom stereocenters. The first-order valence-corrected chi connectivity index (χ1v) is 16.2. The summed E-state index contributed by atoms with van der Waals surface area (Å²) in [5.41, 5.74) is 3.07. The average molecular weight is 645 g/mol. The lowest BCUT2D eigenvalue weighted by Gasteiger charge is -2.25. The zero-order chi connectivity index (χ0) is 29.5. The standard InChI is InChI=1S/C28H34BrN7O4S/c1-17-23(16-32-34(17)3)27(37)31-12-5-13-35(41(4,39)40)25-15-24-22(14-21(25)18-6-7-18)26(28(38)30-2)36(33-24)20-10-8-19(29)9-11-20/h8-11,14-18,23H,5-7,12-13H2,1-4H3,(H,30,38)(H,31,37). The zero-order valence-electron chi connectivity index (χ0n) is 23.5. The second-order valence-corrected chi connectivity index (χ2v) is 13.4. The number of nitrogens with one attached hydrogen (secondary N) is 2. The van der Waals surface area contributed by atoms with Crippen molar-refractivity contribution in [3.05, 3.63) is 52.1 Å². The van der Waals surface area contributed by atoms with Gasteiger partial charge in [0.1, 0.15) is 5.69 Å². The van der Waals surface area contributed by atoms with E-state index in [4.69, 9.17) is 5.10 Å². The van der Waals surface area contributed by atoms with E-state index in [2.05, 4.69) is 31.7 Å². The van der Waals surface area contributed by atoms with Gasteiger partial charge in [-0.05, 0) is 74.1 Å². The van der Waals surface area contributed by atoms with Gasteiger partial charge in [-0.3, -0.25) is 18.9 Å². The molecule has 1 aromatic heterocycles. The average Bonchev–Trinajstić information content (AvgIpc) is 3.63. The van der Waals surface area contributed by atoms with Crippen LogP contribution in [-0.4, -0.2) is 80.7 Å². The molecule has 0 saturated heterocycles. The van der Waals surface area contributed by atoms with Crippen LogP contribution in [0.15, 0.2) is 46.0 Å². The van der Waals surface area contributed by atoms with E-state index in [1.165, 1.54) is 10.6 Å². The first-order valence-electron chi connectivity index (χ1n) is 13.6. The van der Waals surface area contributed by atoms with Gasteiger partial charge in [0.05, 0.1) is 35.1 Å². The quantitative estimate of drug-likeness (QED) is 0.326. The molecule has 11 nitrogen and oxygen atoms in total. The van der Waals surface area contributed by atoms with Gasteiger partial charge < -0.3 is 10.6 Å². The first kappa shape index (κ1) is 29.1. The van der Waals surface area contributed by atoms with Crippen LogP contribution in [-0.2, 0) is 14.8 Å². The Hall–Kier alpha value is -3.45. The van der Waals surface area contributed by atoms with Crippen LogP contribution in [0.4, 0.5) is 5.69 Å². The summed E-state index contributed by atoms with van der Waals surface area (Å²) in [7, 11) is -0.254. The van der Waals surface area contributed by atoms with Gasteiger partial charge in [-0.25, -0.2) is 13.1 Å². The van der Waals surface area contributed by atoms with Crippen molar-refractivity contribution < 1.29 is 18.0 Å². The lowest BCUT2D eigenvalue weighted by molar-refractivity contribution is -0.123. The number of rotatable bonds is 10. The van der Waals surface area contributed by atoms with Gasteiger partial charge in [0.15, 0.2) is 0 Å². The Labute approximate surface area is 248 Å². The Morgan fingerprint density at radius 2 is 1.88 bits per heavy atom. The lowest BCUT2D eigenvalue weighted by Crippen LogP contribution is -2.40. The van der Waals surface area contributed by atoms with Crippen molar-refractivity contribution in [2.75, 3.05) is 37.7 Å². The predicted molar refractivity (Wildman–Crippen MR) is 163 cm³/mol. The van der Waals surface area contributed by atoms with E-state index < -0.39 is 10.0 Å². The highest BCUT2D eigenvalue weighted by atomic mass is 79.9. The van der Waals surface area contributed by atoms with Crippen molar-refractivity contribution in [2.24, 2.45) is 11.0 Å². The number of aromatic nitrogens is 2. The summed E-state index contributed by atoms with van der Waals surface area (Å²) in [4.78, 5) is 25.7. The van der Waals surface area contributed by atoms with Crippen LogP contribution in [0.5, 0.6) is 0 Å². The molecule has 218 valence electrons. The van der Waals surface area contributed by atoms with Crippen molar-refractivity contribution in [2.45, 2.75) is 38.1 Å². The van der Waals surface area contributed by atoms with Crippen molar-refractivity contribution in [3.8, 4) is 5.69 Å². The molecule has 2 unspecified atom stereocenters. The Morgan fingerprint density at radius 3 is 2.46 bits per heavy atom. The van der Waals surface area contributed by atoms with Gasteiger partial charge in [-0.1, -0.05) is 15.9 Å². The SMILES string of the molecule is CNC(=O)c1c2cc(C3CC3)c(N(CCCNC(=O)C3C=NN(C)C3C)S(C)(=O)=O)cc2nn1-c1ccc(Br)cc1. The maximum absolute atomic E-state index is 13.1. The molecule has 2 N–H and O–H groups in total. The minimum Gasteiger partial charge on any atom is -0.355 e. The number of carbonyl (C=O) groups is 2. The number of benzene rings is 2. The van der Waals surface area contributed by atoms with Gasteiger partial charge >= 0.3 is 0 Å². The van der Waals surface area contributed by atoms with Crippen molar-refractivity contribution in [3.63, 3.8) is 0 Å². The van der Waals surface area contributed by atoms with Crippen LogP contribution in [0.3, 0.4) is 0 Å². The fourth-order valence-electron chi connectivity index (χ4n) is 5.12. The number of fused-ring (bicyclic) bond motifs is 1. The third-order valence-corrected chi connectivity index (χ3v) is 9.39. The van der Waals surface area contributed by atoms with Gasteiger partial charge in [-0.2, -0.15) is 10.2 Å². The number of nitrogens with zero attached hydrogens (tertiary/aromatic N) is 5. The number of sulfonamides is 1. The number of amides is 2. The van der Waals surface area contributed by atoms with E-state index in [-0.39, 0.29) is 36.2 Å². The molecule has 2 amide bonds. The van der Waals surface area contributed by atoms with Crippen LogP contribution in [0, 0.1) is 5.92 Å². The van der Waals surface area contributed by atoms with Crippen molar-refractivity contribution >= 4 is 60.6 Å². The number of carbonyl (C=O) groups excluding carboxylic acids is 2. The molecule has 1 aliphatic carbocycles. The summed E-state index contributed by atoms with van der Waals surface area (Å²) < 4.78 is 30.1. The summed E-state index contributed by atoms with van der Waals surface area (Å²) in [5, 5.41) is 17.0. The minimum atomic E-state index is -3.65. The van der Waals surface area contributed by atoms with Crippen molar-refractivity contribution in [1.82, 2.24) is 25.4 Å². The van der Waals surface area contributed by atoms with Crippen LogP contribution in [0.1, 0.15) is 48.2 Å². The fraction of sp³-hybridized carbons (Fsp3) is 0.429. The summed E-state index contributed by atoms with van der Waals surface area (Å²) in [6.07, 6.45) is 5.14. The van der Waals surface area contributed by atoms with E-state index >= 15 is 0 Å². The molecule has 2 aromatic carbocycles. The van der Waals surface area contributed by atoms with Crippen LogP contribution in [0.2, 0.25) is 0 Å². The maximum atomic E-state index is 13.1. The molecule has 5 rings (SSSR count). The molecule has 0 bridgehead atoms. The smallest absolute Gasteiger partial charge is 0.270 e. The molecule has 2 heterocycles. The monoisotopic (exact) mass is 643 g/mol. The topological polar surface area (TPSA) is 129 Å². The molecule has 41 heavy (non-hydrogen) atoms. The normalized spacial score (nSPS) is 18.6. The predicted octanol–water partition coefficient (Wildman–Crippen LogP) is 3.23. The first-order chi connectivity index (χ1) is 19.5. The van der Waals surface area contributed by atoms with E-state index in [9.17, 15) is 18.0 Å². The molecule has 1 saturated carbocycles. The molecule has 3 aromatic rings. The molecule has 1 fully saturated rings. The Kier molecular flexibility index (Phi) is 8.11. The lowest BCUT2D eigenvalue weighted by atomic mass is 10.0. The molecular weight excluding hydrogens is 610 g/mol. The Morgan fingerprint density at radius 1 is 1.17 bits per heavy atom. The molecule has 0 spiro atoms. The van der Waals surface area contributed by atoms with Crippen LogP contribution >= 0.6 is 15.9 Å². The molecule has 1 aliphatic heterocycles. The summed E-state index contributed by atoms with van der Waals surface area (Å²) in [5.74, 6) is -0.553. The number of halogens is 1. The Bertz CT molecular complexity index is 1620.